The third kappa shape index (κ3) is 10.6. The van der Waals surface area contributed by atoms with Crippen molar-refractivity contribution in [2.45, 2.75) is 58.4 Å². The van der Waals surface area contributed by atoms with Gasteiger partial charge in [0, 0.05) is 6.42 Å². The highest BCUT2D eigenvalue weighted by molar-refractivity contribution is 5.86. The second kappa shape index (κ2) is 15.2. The number of methoxy groups -OCH3 is 1. The van der Waals surface area contributed by atoms with Crippen LogP contribution >= 0.6 is 0 Å². The van der Waals surface area contributed by atoms with E-state index in [9.17, 15) is 19.2 Å². The maximum Gasteiger partial charge on any atom is 0.408 e. The maximum absolute atomic E-state index is 12.8. The summed E-state index contributed by atoms with van der Waals surface area (Å²) in [6, 6.07) is 16.3. The van der Waals surface area contributed by atoms with Crippen LogP contribution in [0.4, 0.5) is 4.79 Å². The van der Waals surface area contributed by atoms with E-state index < -0.39 is 36.0 Å². The number of carbonyl (C=O) groups is 4. The van der Waals surface area contributed by atoms with Crippen LogP contribution in [0.3, 0.4) is 0 Å². The highest BCUT2D eigenvalue weighted by Gasteiger charge is 2.26. The van der Waals surface area contributed by atoms with Crippen LogP contribution in [-0.4, -0.2) is 43.1 Å². The zero-order valence-electron chi connectivity index (χ0n) is 20.9. The highest BCUT2D eigenvalue weighted by atomic mass is 16.6. The average Bonchev–Trinajstić information content (AvgIpc) is 2.88. The van der Waals surface area contributed by atoms with Crippen molar-refractivity contribution in [3.8, 4) is 0 Å². The molecule has 36 heavy (non-hydrogen) atoms. The van der Waals surface area contributed by atoms with Gasteiger partial charge in [-0.2, -0.15) is 0 Å². The zero-order valence-corrected chi connectivity index (χ0v) is 20.9. The normalized spacial score (nSPS) is 12.2. The van der Waals surface area contributed by atoms with Crippen molar-refractivity contribution in [1.29, 1.82) is 0 Å². The minimum Gasteiger partial charge on any atom is -0.467 e. The molecule has 2 rings (SSSR count). The van der Waals surface area contributed by atoms with Crippen LogP contribution in [0.2, 0.25) is 0 Å². The van der Waals surface area contributed by atoms with Gasteiger partial charge in [-0.1, -0.05) is 74.5 Å². The number of alkyl carbamates (subject to hydrolysis) is 1. The third-order valence-electron chi connectivity index (χ3n) is 5.20. The van der Waals surface area contributed by atoms with Gasteiger partial charge in [0.1, 0.15) is 25.3 Å². The highest BCUT2D eigenvalue weighted by Crippen LogP contribution is 2.10. The number of rotatable bonds is 13. The first-order chi connectivity index (χ1) is 17.3. The lowest BCUT2D eigenvalue weighted by atomic mass is 10.0. The van der Waals surface area contributed by atoms with Gasteiger partial charge in [-0.3, -0.25) is 4.79 Å². The van der Waals surface area contributed by atoms with Crippen LogP contribution < -0.4 is 10.6 Å². The van der Waals surface area contributed by atoms with Crippen molar-refractivity contribution in [2.75, 3.05) is 7.11 Å². The van der Waals surface area contributed by atoms with Gasteiger partial charge in [0.05, 0.1) is 7.11 Å². The van der Waals surface area contributed by atoms with E-state index >= 15 is 0 Å². The quantitative estimate of drug-likeness (QED) is 0.320. The van der Waals surface area contributed by atoms with Gasteiger partial charge >= 0.3 is 18.0 Å². The smallest absolute Gasteiger partial charge is 0.408 e. The Bertz CT molecular complexity index is 980. The molecule has 2 aromatic carbocycles. The fourth-order valence-electron chi connectivity index (χ4n) is 3.35. The Hall–Kier alpha value is -3.88. The van der Waals surface area contributed by atoms with Crippen molar-refractivity contribution < 1.29 is 33.4 Å². The summed E-state index contributed by atoms with van der Waals surface area (Å²) in [4.78, 5) is 49.7. The van der Waals surface area contributed by atoms with E-state index in [1.165, 1.54) is 7.11 Å². The second-order valence-electron chi connectivity index (χ2n) is 8.66. The number of carbonyl (C=O) groups excluding carboxylic acids is 4. The summed E-state index contributed by atoms with van der Waals surface area (Å²) in [6.07, 6.45) is -0.580. The Morgan fingerprint density at radius 2 is 1.31 bits per heavy atom. The molecule has 0 fully saturated rings. The molecule has 0 spiro atoms. The molecule has 0 saturated heterocycles. The van der Waals surface area contributed by atoms with Crippen molar-refractivity contribution in [3.63, 3.8) is 0 Å². The number of esters is 2. The molecule has 0 aliphatic carbocycles. The molecule has 2 atom stereocenters. The lowest BCUT2D eigenvalue weighted by Crippen LogP contribution is -2.45. The predicted octanol–water partition coefficient (Wildman–Crippen LogP) is 3.51. The van der Waals surface area contributed by atoms with Crippen LogP contribution in [0.5, 0.6) is 0 Å². The Labute approximate surface area is 211 Å². The van der Waals surface area contributed by atoms with Crippen molar-refractivity contribution in [2.24, 2.45) is 5.92 Å². The number of hydrogen-bond donors (Lipinski definition) is 2. The molecule has 0 heterocycles. The van der Waals surface area contributed by atoms with Gasteiger partial charge in [-0.05, 0) is 29.9 Å². The summed E-state index contributed by atoms with van der Waals surface area (Å²) < 4.78 is 15.3. The summed E-state index contributed by atoms with van der Waals surface area (Å²) in [5.74, 6) is -1.55. The summed E-state index contributed by atoms with van der Waals surface area (Å²) in [6.45, 7) is 3.88. The minimum absolute atomic E-state index is 0.0158. The molecule has 0 saturated carbocycles. The Kier molecular flexibility index (Phi) is 12.0. The number of amides is 2. The number of nitrogens with one attached hydrogen (secondary N) is 2. The third-order valence-corrected chi connectivity index (χ3v) is 5.20. The number of benzene rings is 2. The Morgan fingerprint density at radius 3 is 1.83 bits per heavy atom. The predicted molar refractivity (Wildman–Crippen MR) is 132 cm³/mol. The summed E-state index contributed by atoms with van der Waals surface area (Å²) in [5.41, 5.74) is 1.57. The molecule has 0 aliphatic heterocycles. The van der Waals surface area contributed by atoms with E-state index in [4.69, 9.17) is 14.2 Å². The SMILES string of the molecule is COC(=O)[C@@H](CC(C)C)NC(=O)CC[C@@H](NC(=O)OCc1ccccc1)C(=O)OCc1ccccc1. The van der Waals surface area contributed by atoms with Gasteiger partial charge in [0.2, 0.25) is 5.91 Å². The van der Waals surface area contributed by atoms with Crippen LogP contribution in [-0.2, 0) is 41.8 Å². The van der Waals surface area contributed by atoms with Crippen LogP contribution in [0.15, 0.2) is 60.7 Å². The van der Waals surface area contributed by atoms with Crippen LogP contribution in [0.25, 0.3) is 0 Å². The fraction of sp³-hybridized carbons (Fsp3) is 0.407. The van der Waals surface area contributed by atoms with Crippen LogP contribution in [0.1, 0.15) is 44.2 Å². The van der Waals surface area contributed by atoms with Gasteiger partial charge in [0.15, 0.2) is 0 Å². The van der Waals surface area contributed by atoms with E-state index in [1.54, 1.807) is 24.3 Å². The minimum atomic E-state index is -1.12. The fourth-order valence-corrected chi connectivity index (χ4v) is 3.35. The molecule has 2 N–H and O–H groups in total. The molecule has 9 heteroatoms. The summed E-state index contributed by atoms with van der Waals surface area (Å²) in [7, 11) is 1.26. The molecular weight excluding hydrogens is 464 g/mol. The number of hydrogen-bond acceptors (Lipinski definition) is 7. The summed E-state index contributed by atoms with van der Waals surface area (Å²) in [5, 5.41) is 5.13. The molecule has 0 unspecified atom stereocenters. The molecule has 194 valence electrons. The number of ether oxygens (including phenoxy) is 3. The average molecular weight is 499 g/mol. The van der Waals surface area contributed by atoms with E-state index in [0.29, 0.717) is 6.42 Å². The molecule has 9 nitrogen and oxygen atoms in total. The van der Waals surface area contributed by atoms with Gasteiger partial charge in [-0.25, -0.2) is 14.4 Å². The first-order valence-electron chi connectivity index (χ1n) is 11.8. The maximum atomic E-state index is 12.8. The molecule has 0 radical (unpaired) electrons. The molecule has 0 aromatic heterocycles. The first-order valence-corrected chi connectivity index (χ1v) is 11.8. The standard InChI is InChI=1S/C27H34N2O7/c1-19(2)16-23(25(31)34-3)28-24(30)15-14-22(26(32)35-17-20-10-6-4-7-11-20)29-27(33)36-18-21-12-8-5-9-13-21/h4-13,19,22-23H,14-18H2,1-3H3,(H,28,30)(H,29,33)/t22-,23-/m1/s1. The van der Waals surface area contributed by atoms with Crippen molar-refractivity contribution in [3.05, 3.63) is 71.8 Å². The largest absolute Gasteiger partial charge is 0.467 e. The first kappa shape index (κ1) is 28.4. The van der Waals surface area contributed by atoms with Gasteiger partial charge < -0.3 is 24.8 Å². The second-order valence-corrected chi connectivity index (χ2v) is 8.66. The molecule has 2 aromatic rings. The topological polar surface area (TPSA) is 120 Å². The van der Waals surface area contributed by atoms with Crippen LogP contribution in [0, 0.1) is 5.92 Å². The lowest BCUT2D eigenvalue weighted by Gasteiger charge is -2.20. The molecule has 0 bridgehead atoms. The zero-order chi connectivity index (χ0) is 26.3. The van der Waals surface area contributed by atoms with E-state index in [0.717, 1.165) is 11.1 Å². The molecule has 0 aliphatic rings. The Balaban J connectivity index is 1.98. The lowest BCUT2D eigenvalue weighted by molar-refractivity contribution is -0.148. The summed E-state index contributed by atoms with van der Waals surface area (Å²) >= 11 is 0. The van der Waals surface area contributed by atoms with E-state index in [2.05, 4.69) is 10.6 Å². The van der Waals surface area contributed by atoms with Crippen molar-refractivity contribution >= 4 is 23.9 Å². The monoisotopic (exact) mass is 498 g/mol. The van der Waals surface area contributed by atoms with Gasteiger partial charge in [0.25, 0.3) is 0 Å². The Morgan fingerprint density at radius 1 is 0.750 bits per heavy atom. The van der Waals surface area contributed by atoms with Gasteiger partial charge in [-0.15, -0.1) is 0 Å². The van der Waals surface area contributed by atoms with Crippen molar-refractivity contribution in [1.82, 2.24) is 10.6 Å². The van der Waals surface area contributed by atoms with E-state index in [1.807, 2.05) is 50.2 Å². The molecule has 2 amide bonds. The molecular formula is C27H34N2O7. The van der Waals surface area contributed by atoms with E-state index in [-0.39, 0.29) is 32.0 Å².